The van der Waals surface area contributed by atoms with Crippen molar-refractivity contribution in [1.82, 2.24) is 10.3 Å². The van der Waals surface area contributed by atoms with Crippen LogP contribution in [0.2, 0.25) is 0 Å². The zero-order valence-electron chi connectivity index (χ0n) is 9.81. The number of amides is 1. The number of hydrogen-bond acceptors (Lipinski definition) is 3. The van der Waals surface area contributed by atoms with E-state index in [2.05, 4.69) is 22.1 Å². The predicted molar refractivity (Wildman–Crippen MR) is 70.7 cm³/mol. The van der Waals surface area contributed by atoms with E-state index >= 15 is 0 Å². The van der Waals surface area contributed by atoms with Crippen molar-refractivity contribution < 1.29 is 4.79 Å². The first-order valence-corrected chi connectivity index (χ1v) is 5.59. The third kappa shape index (κ3) is 2.84. The highest BCUT2D eigenvalue weighted by atomic mass is 16.1. The van der Waals surface area contributed by atoms with Gasteiger partial charge in [0.1, 0.15) is 0 Å². The molecule has 1 heterocycles. The van der Waals surface area contributed by atoms with Crippen LogP contribution >= 0.6 is 0 Å². The summed E-state index contributed by atoms with van der Waals surface area (Å²) in [6.45, 7) is 0.291. The minimum Gasteiger partial charge on any atom is -0.344 e. The molecular weight excluding hydrogens is 226 g/mol. The van der Waals surface area contributed by atoms with E-state index in [1.165, 1.54) is 0 Å². The van der Waals surface area contributed by atoms with Crippen LogP contribution in [0.4, 0.5) is 0 Å². The molecule has 90 valence electrons. The number of benzene rings is 1. The van der Waals surface area contributed by atoms with E-state index in [4.69, 9.17) is 5.73 Å². The van der Waals surface area contributed by atoms with Gasteiger partial charge in [0.15, 0.2) is 0 Å². The normalized spacial score (nSPS) is 9.61. The second-order valence-corrected chi connectivity index (χ2v) is 3.69. The number of carbonyl (C=O) groups is 1. The fourth-order valence-electron chi connectivity index (χ4n) is 1.59. The molecular formula is C14H13N3O. The Kier molecular flexibility index (Phi) is 3.90. The van der Waals surface area contributed by atoms with Gasteiger partial charge in [-0.15, -0.1) is 0 Å². The zero-order chi connectivity index (χ0) is 12.8. The Balaban J connectivity index is 2.17. The highest BCUT2D eigenvalue weighted by Gasteiger charge is 1.97. The number of nitrogens with two attached hydrogens (primary N) is 1. The van der Waals surface area contributed by atoms with Gasteiger partial charge in [-0.3, -0.25) is 9.78 Å². The molecule has 18 heavy (non-hydrogen) atoms. The van der Waals surface area contributed by atoms with Gasteiger partial charge in [0.25, 0.3) is 0 Å². The van der Waals surface area contributed by atoms with E-state index in [0.29, 0.717) is 6.54 Å². The van der Waals surface area contributed by atoms with Crippen LogP contribution in [0.5, 0.6) is 0 Å². The van der Waals surface area contributed by atoms with E-state index < -0.39 is 0 Å². The van der Waals surface area contributed by atoms with Crippen LogP contribution in [-0.2, 0) is 4.79 Å². The van der Waals surface area contributed by atoms with Crippen LogP contribution in [0.15, 0.2) is 36.7 Å². The highest BCUT2D eigenvalue weighted by molar-refractivity contribution is 5.87. The molecule has 0 unspecified atom stereocenters. The summed E-state index contributed by atoms with van der Waals surface area (Å²) in [6, 6.07) is 7.80. The number of nitrogens with one attached hydrogen (secondary N) is 1. The number of nitrogens with zero attached hydrogens (tertiary/aromatic N) is 1. The minimum absolute atomic E-state index is 0.0123. The van der Waals surface area contributed by atoms with Crippen molar-refractivity contribution in [1.29, 1.82) is 0 Å². The third-order valence-electron chi connectivity index (χ3n) is 2.46. The molecule has 0 aliphatic carbocycles. The lowest BCUT2D eigenvalue weighted by Gasteiger charge is -1.99. The lowest BCUT2D eigenvalue weighted by atomic mass is 10.1. The second-order valence-electron chi connectivity index (χ2n) is 3.69. The molecule has 0 aliphatic heterocycles. The van der Waals surface area contributed by atoms with Crippen molar-refractivity contribution in [2.24, 2.45) is 5.73 Å². The Morgan fingerprint density at radius 3 is 3.11 bits per heavy atom. The van der Waals surface area contributed by atoms with E-state index in [1.807, 2.05) is 24.3 Å². The zero-order valence-corrected chi connectivity index (χ0v) is 9.81. The van der Waals surface area contributed by atoms with Gasteiger partial charge in [-0.05, 0) is 12.1 Å². The maximum absolute atomic E-state index is 10.9. The Bertz CT molecular complexity index is 620. The molecule has 2 aromatic rings. The third-order valence-corrected chi connectivity index (χ3v) is 2.46. The number of carbonyl (C=O) groups excluding carboxylic acids is 1. The molecule has 1 amide bonds. The lowest BCUT2D eigenvalue weighted by molar-refractivity contribution is -0.119. The summed E-state index contributed by atoms with van der Waals surface area (Å²) < 4.78 is 0. The highest BCUT2D eigenvalue weighted by Crippen LogP contribution is 2.15. The van der Waals surface area contributed by atoms with Crippen LogP contribution in [-0.4, -0.2) is 24.0 Å². The first-order chi connectivity index (χ1) is 8.81. The average molecular weight is 239 g/mol. The average Bonchev–Trinajstić information content (AvgIpc) is 2.43. The Hall–Kier alpha value is -2.38. The maximum Gasteiger partial charge on any atom is 0.234 e. The summed E-state index contributed by atoms with van der Waals surface area (Å²) in [4.78, 5) is 15.0. The fourth-order valence-corrected chi connectivity index (χ4v) is 1.59. The second kappa shape index (κ2) is 5.80. The monoisotopic (exact) mass is 239 g/mol. The molecule has 0 bridgehead atoms. The largest absolute Gasteiger partial charge is 0.344 e. The number of hydrogen-bond donors (Lipinski definition) is 2. The number of rotatable bonds is 2. The van der Waals surface area contributed by atoms with Gasteiger partial charge < -0.3 is 11.1 Å². The van der Waals surface area contributed by atoms with Crippen molar-refractivity contribution in [3.05, 3.63) is 42.2 Å². The van der Waals surface area contributed by atoms with E-state index in [9.17, 15) is 4.79 Å². The molecule has 4 nitrogen and oxygen atoms in total. The van der Waals surface area contributed by atoms with Crippen LogP contribution in [0.1, 0.15) is 5.56 Å². The number of aromatic nitrogens is 1. The standard InChI is InChI=1S/C14H13N3O/c15-9-14(18)17-7-2-5-11-3-1-4-12-10-16-8-6-13(11)12/h1,3-4,6,8,10H,7,9,15H2,(H,17,18). The first kappa shape index (κ1) is 12.1. The SMILES string of the molecule is NCC(=O)NCC#Cc1cccc2cnccc12. The van der Waals surface area contributed by atoms with Gasteiger partial charge in [0.2, 0.25) is 5.91 Å². The maximum atomic E-state index is 10.9. The van der Waals surface area contributed by atoms with Crippen molar-refractivity contribution in [3.8, 4) is 11.8 Å². The molecule has 2 rings (SSSR count). The van der Waals surface area contributed by atoms with Gasteiger partial charge in [0, 0.05) is 28.7 Å². The molecule has 0 saturated heterocycles. The predicted octanol–water partition coefficient (Wildman–Crippen LogP) is 0.661. The Morgan fingerprint density at radius 1 is 1.39 bits per heavy atom. The van der Waals surface area contributed by atoms with E-state index in [0.717, 1.165) is 16.3 Å². The molecule has 4 heteroatoms. The first-order valence-electron chi connectivity index (χ1n) is 5.59. The molecule has 0 saturated carbocycles. The molecule has 0 spiro atoms. The Morgan fingerprint density at radius 2 is 2.28 bits per heavy atom. The summed E-state index contributed by atoms with van der Waals surface area (Å²) in [6.07, 6.45) is 3.54. The van der Waals surface area contributed by atoms with Crippen LogP contribution in [0.3, 0.4) is 0 Å². The van der Waals surface area contributed by atoms with Crippen LogP contribution in [0.25, 0.3) is 10.8 Å². The lowest BCUT2D eigenvalue weighted by Crippen LogP contribution is -2.30. The van der Waals surface area contributed by atoms with Crippen LogP contribution < -0.4 is 11.1 Å². The molecule has 0 aliphatic rings. The number of pyridine rings is 1. The summed E-state index contributed by atoms with van der Waals surface area (Å²) in [7, 11) is 0. The quantitative estimate of drug-likeness (QED) is 0.756. The van der Waals surface area contributed by atoms with E-state index in [1.54, 1.807) is 12.4 Å². The topological polar surface area (TPSA) is 68.0 Å². The Labute approximate surface area is 105 Å². The fraction of sp³-hybridized carbons (Fsp3) is 0.143. The molecule has 0 fully saturated rings. The molecule has 0 atom stereocenters. The summed E-state index contributed by atoms with van der Waals surface area (Å²) in [5.74, 6) is 5.73. The van der Waals surface area contributed by atoms with Gasteiger partial charge in [-0.2, -0.15) is 0 Å². The summed E-state index contributed by atoms with van der Waals surface area (Å²) in [5.41, 5.74) is 6.10. The molecule has 0 radical (unpaired) electrons. The molecule has 1 aromatic heterocycles. The van der Waals surface area contributed by atoms with Gasteiger partial charge in [-0.25, -0.2) is 0 Å². The smallest absolute Gasteiger partial charge is 0.234 e. The van der Waals surface area contributed by atoms with Crippen molar-refractivity contribution in [2.75, 3.05) is 13.1 Å². The van der Waals surface area contributed by atoms with Crippen molar-refractivity contribution in [2.45, 2.75) is 0 Å². The van der Waals surface area contributed by atoms with Gasteiger partial charge in [0.05, 0.1) is 13.1 Å². The van der Waals surface area contributed by atoms with Crippen molar-refractivity contribution in [3.63, 3.8) is 0 Å². The van der Waals surface area contributed by atoms with Crippen LogP contribution in [0, 0.1) is 11.8 Å². The molecule has 1 aromatic carbocycles. The van der Waals surface area contributed by atoms with E-state index in [-0.39, 0.29) is 12.5 Å². The van der Waals surface area contributed by atoms with Gasteiger partial charge >= 0.3 is 0 Å². The summed E-state index contributed by atoms with van der Waals surface area (Å²) >= 11 is 0. The van der Waals surface area contributed by atoms with Gasteiger partial charge in [-0.1, -0.05) is 24.0 Å². The van der Waals surface area contributed by atoms with Crippen molar-refractivity contribution >= 4 is 16.7 Å². The summed E-state index contributed by atoms with van der Waals surface area (Å²) in [5, 5.41) is 4.71. The molecule has 3 N–H and O–H groups in total. The minimum atomic E-state index is -0.202. The number of fused-ring (bicyclic) bond motifs is 1.